The molecule has 3 rings (SSSR count). The Hall–Kier alpha value is -2.39. The van der Waals surface area contributed by atoms with Crippen molar-refractivity contribution in [1.82, 2.24) is 14.3 Å². The van der Waals surface area contributed by atoms with Gasteiger partial charge in [0.2, 0.25) is 10.0 Å². The molecule has 1 unspecified atom stereocenters. The van der Waals surface area contributed by atoms with Gasteiger partial charge in [-0.2, -0.15) is 4.31 Å². The van der Waals surface area contributed by atoms with Crippen LogP contribution in [0.3, 0.4) is 0 Å². The average Bonchev–Trinajstić information content (AvgIpc) is 3.11. The second kappa shape index (κ2) is 7.24. The van der Waals surface area contributed by atoms with Crippen LogP contribution in [0.5, 0.6) is 17.5 Å². The number of methoxy groups -OCH3 is 2. The molecule has 0 spiro atoms. The van der Waals surface area contributed by atoms with Crippen LogP contribution in [0.2, 0.25) is 0 Å². The molecular weight excluding hydrogens is 346 g/mol. The summed E-state index contributed by atoms with van der Waals surface area (Å²) in [5, 5.41) is 0. The van der Waals surface area contributed by atoms with Gasteiger partial charge in [0.25, 0.3) is 11.8 Å². The predicted molar refractivity (Wildman–Crippen MR) is 89.4 cm³/mol. The number of hydrogen-bond acceptors (Lipinski definition) is 7. The molecule has 1 atom stereocenters. The molecule has 8 nitrogen and oxygen atoms in total. The predicted octanol–water partition coefficient (Wildman–Crippen LogP) is 1.34. The fourth-order valence-electron chi connectivity index (χ4n) is 2.61. The second-order valence-corrected chi connectivity index (χ2v) is 7.38. The Labute approximate surface area is 146 Å². The third-order valence-electron chi connectivity index (χ3n) is 3.89. The summed E-state index contributed by atoms with van der Waals surface area (Å²) in [5.41, 5.74) is 0. The Morgan fingerprint density at radius 3 is 2.60 bits per heavy atom. The molecule has 1 aromatic carbocycles. The molecule has 2 heterocycles. The molecule has 9 heteroatoms. The van der Waals surface area contributed by atoms with Gasteiger partial charge in [0.05, 0.1) is 25.7 Å². The SMILES string of the molecule is COc1cccc(S(=O)(=O)N2CCC(Oc3nccnc3OC)C2)c1. The third-order valence-corrected chi connectivity index (χ3v) is 5.75. The topological polar surface area (TPSA) is 90.9 Å². The number of nitrogens with zero attached hydrogens (tertiary/aromatic N) is 3. The van der Waals surface area contributed by atoms with E-state index in [1.165, 1.54) is 37.0 Å². The fourth-order valence-corrected chi connectivity index (χ4v) is 4.14. The van der Waals surface area contributed by atoms with Gasteiger partial charge in [0.15, 0.2) is 0 Å². The summed E-state index contributed by atoms with van der Waals surface area (Å²) in [6.07, 6.45) is 3.24. The minimum Gasteiger partial charge on any atom is -0.497 e. The summed E-state index contributed by atoms with van der Waals surface area (Å²) < 4.78 is 42.9. The van der Waals surface area contributed by atoms with E-state index >= 15 is 0 Å². The van der Waals surface area contributed by atoms with Crippen LogP contribution in [0, 0.1) is 0 Å². The molecule has 0 radical (unpaired) electrons. The Bertz CT molecular complexity index is 843. The van der Waals surface area contributed by atoms with Gasteiger partial charge in [-0.25, -0.2) is 18.4 Å². The summed E-state index contributed by atoms with van der Waals surface area (Å²) >= 11 is 0. The first kappa shape index (κ1) is 17.4. The molecular formula is C16H19N3O5S. The highest BCUT2D eigenvalue weighted by molar-refractivity contribution is 7.89. The van der Waals surface area contributed by atoms with E-state index in [0.29, 0.717) is 18.7 Å². The van der Waals surface area contributed by atoms with Crippen LogP contribution >= 0.6 is 0 Å². The zero-order valence-electron chi connectivity index (χ0n) is 14.0. The lowest BCUT2D eigenvalue weighted by molar-refractivity contribution is 0.194. The zero-order chi connectivity index (χ0) is 17.9. The van der Waals surface area contributed by atoms with Crippen LogP contribution < -0.4 is 14.2 Å². The molecule has 134 valence electrons. The molecule has 0 N–H and O–H groups in total. The number of benzene rings is 1. The van der Waals surface area contributed by atoms with Crippen molar-refractivity contribution in [3.63, 3.8) is 0 Å². The number of sulfonamides is 1. The maximum Gasteiger partial charge on any atom is 0.278 e. The Morgan fingerprint density at radius 2 is 1.88 bits per heavy atom. The molecule has 0 amide bonds. The Balaban J connectivity index is 1.73. The highest BCUT2D eigenvalue weighted by Gasteiger charge is 2.34. The van der Waals surface area contributed by atoms with Crippen LogP contribution in [0.15, 0.2) is 41.6 Å². The van der Waals surface area contributed by atoms with Crippen molar-refractivity contribution in [2.45, 2.75) is 17.4 Å². The van der Waals surface area contributed by atoms with Crippen LogP contribution in [-0.2, 0) is 10.0 Å². The highest BCUT2D eigenvalue weighted by Crippen LogP contribution is 2.27. The summed E-state index contributed by atoms with van der Waals surface area (Å²) in [6, 6.07) is 6.42. The highest BCUT2D eigenvalue weighted by atomic mass is 32.2. The van der Waals surface area contributed by atoms with Crippen molar-refractivity contribution >= 4 is 10.0 Å². The van der Waals surface area contributed by atoms with Crippen molar-refractivity contribution in [1.29, 1.82) is 0 Å². The number of ether oxygens (including phenoxy) is 3. The molecule has 0 saturated carbocycles. The molecule has 1 aromatic heterocycles. The molecule has 1 aliphatic heterocycles. The zero-order valence-corrected chi connectivity index (χ0v) is 14.8. The van der Waals surface area contributed by atoms with Crippen molar-refractivity contribution in [3.8, 4) is 17.5 Å². The molecule has 1 fully saturated rings. The van der Waals surface area contributed by atoms with E-state index in [1.54, 1.807) is 18.2 Å². The van der Waals surface area contributed by atoms with Crippen LogP contribution in [-0.4, -0.2) is 56.1 Å². The molecule has 2 aromatic rings. The molecule has 1 saturated heterocycles. The number of hydrogen-bond donors (Lipinski definition) is 0. The maximum atomic E-state index is 12.8. The lowest BCUT2D eigenvalue weighted by Gasteiger charge is -2.17. The number of aromatic nitrogens is 2. The average molecular weight is 365 g/mol. The van der Waals surface area contributed by atoms with Crippen molar-refractivity contribution < 1.29 is 22.6 Å². The van der Waals surface area contributed by atoms with E-state index < -0.39 is 10.0 Å². The quantitative estimate of drug-likeness (QED) is 0.763. The monoisotopic (exact) mass is 365 g/mol. The van der Waals surface area contributed by atoms with Gasteiger partial charge in [0, 0.05) is 25.0 Å². The second-order valence-electron chi connectivity index (χ2n) is 5.44. The van der Waals surface area contributed by atoms with Crippen molar-refractivity contribution in [2.75, 3.05) is 27.3 Å². The van der Waals surface area contributed by atoms with Gasteiger partial charge >= 0.3 is 0 Å². The summed E-state index contributed by atoms with van der Waals surface area (Å²) in [6.45, 7) is 0.603. The van der Waals surface area contributed by atoms with Gasteiger partial charge in [0.1, 0.15) is 11.9 Å². The van der Waals surface area contributed by atoms with Gasteiger partial charge in [-0.15, -0.1) is 0 Å². The van der Waals surface area contributed by atoms with Crippen LogP contribution in [0.25, 0.3) is 0 Å². The van der Waals surface area contributed by atoms with Crippen molar-refractivity contribution in [3.05, 3.63) is 36.7 Å². The Kier molecular flexibility index (Phi) is 5.05. The van der Waals surface area contributed by atoms with Gasteiger partial charge in [-0.1, -0.05) is 6.07 Å². The Morgan fingerprint density at radius 1 is 1.12 bits per heavy atom. The third kappa shape index (κ3) is 3.67. The lowest BCUT2D eigenvalue weighted by Crippen LogP contribution is -2.31. The molecule has 0 aliphatic carbocycles. The van der Waals surface area contributed by atoms with E-state index in [0.717, 1.165) is 0 Å². The van der Waals surface area contributed by atoms with Gasteiger partial charge < -0.3 is 14.2 Å². The first-order valence-corrected chi connectivity index (χ1v) is 9.14. The van der Waals surface area contributed by atoms with E-state index in [-0.39, 0.29) is 29.3 Å². The van der Waals surface area contributed by atoms with Gasteiger partial charge in [-0.05, 0) is 18.6 Å². The maximum absolute atomic E-state index is 12.8. The van der Waals surface area contributed by atoms with E-state index in [2.05, 4.69) is 9.97 Å². The van der Waals surface area contributed by atoms with E-state index in [1.807, 2.05) is 0 Å². The molecule has 0 bridgehead atoms. The fraction of sp³-hybridized carbons (Fsp3) is 0.375. The minimum absolute atomic E-state index is 0.199. The van der Waals surface area contributed by atoms with Crippen LogP contribution in [0.4, 0.5) is 0 Å². The first-order valence-electron chi connectivity index (χ1n) is 7.70. The first-order chi connectivity index (χ1) is 12.0. The minimum atomic E-state index is -3.61. The normalized spacial score (nSPS) is 18.1. The van der Waals surface area contributed by atoms with Gasteiger partial charge in [-0.3, -0.25) is 0 Å². The van der Waals surface area contributed by atoms with E-state index in [4.69, 9.17) is 14.2 Å². The van der Waals surface area contributed by atoms with E-state index in [9.17, 15) is 8.42 Å². The largest absolute Gasteiger partial charge is 0.497 e. The van der Waals surface area contributed by atoms with Crippen LogP contribution in [0.1, 0.15) is 6.42 Å². The molecule has 25 heavy (non-hydrogen) atoms. The lowest BCUT2D eigenvalue weighted by atomic mass is 10.3. The smallest absolute Gasteiger partial charge is 0.278 e. The standard InChI is InChI=1S/C16H19N3O5S/c1-22-12-4-3-5-14(10-12)25(20,21)19-9-6-13(11-19)24-16-15(23-2)17-7-8-18-16/h3-5,7-8,10,13H,6,9,11H2,1-2H3. The van der Waals surface area contributed by atoms with Crippen molar-refractivity contribution in [2.24, 2.45) is 0 Å². The summed E-state index contributed by atoms with van der Waals surface area (Å²) in [4.78, 5) is 8.30. The number of rotatable bonds is 6. The summed E-state index contributed by atoms with van der Waals surface area (Å²) in [7, 11) is -0.629. The molecule has 1 aliphatic rings. The summed E-state index contributed by atoms with van der Waals surface area (Å²) in [5.74, 6) is 1.03.